The van der Waals surface area contributed by atoms with Crippen LogP contribution in [0.15, 0.2) is 51.9 Å². The van der Waals surface area contributed by atoms with Crippen LogP contribution in [0.4, 0.5) is 0 Å². The molecule has 1 atom stereocenters. The highest BCUT2D eigenvalue weighted by Gasteiger charge is 2.22. The molecule has 0 unspecified atom stereocenters. The molecule has 4 rings (SSSR count). The molecule has 31 heavy (non-hydrogen) atoms. The zero-order valence-corrected chi connectivity index (χ0v) is 18.4. The summed E-state index contributed by atoms with van der Waals surface area (Å²) in [5, 5.41) is 4.73. The number of rotatable bonds is 8. The Morgan fingerprint density at radius 1 is 1.35 bits per heavy atom. The highest BCUT2D eigenvalue weighted by atomic mass is 32.1. The van der Waals surface area contributed by atoms with Crippen LogP contribution in [0.25, 0.3) is 10.9 Å². The van der Waals surface area contributed by atoms with Crippen LogP contribution in [0.2, 0.25) is 0 Å². The van der Waals surface area contributed by atoms with Crippen LogP contribution >= 0.6 is 12.2 Å². The first-order chi connectivity index (χ1) is 15.1. The van der Waals surface area contributed by atoms with Crippen molar-refractivity contribution in [1.82, 2.24) is 15.2 Å². The molecule has 0 bridgehead atoms. The average Bonchev–Trinajstić information content (AvgIpc) is 3.46. The molecule has 3 heterocycles. The lowest BCUT2D eigenvalue weighted by atomic mass is 10.1. The molecule has 164 valence electrons. The fraction of sp³-hybridized carbons (Fsp3) is 0.391. The Hall–Kier alpha value is -2.84. The molecule has 1 aromatic carbocycles. The molecule has 7 nitrogen and oxygen atoms in total. The van der Waals surface area contributed by atoms with E-state index in [0.29, 0.717) is 36.9 Å². The zero-order valence-electron chi connectivity index (χ0n) is 17.6. The molecule has 2 aromatic heterocycles. The summed E-state index contributed by atoms with van der Waals surface area (Å²) in [7, 11) is 0. The minimum atomic E-state index is -0.122. The van der Waals surface area contributed by atoms with Crippen molar-refractivity contribution in [3.63, 3.8) is 0 Å². The number of nitrogens with zero attached hydrogens (tertiary/aromatic N) is 1. The van der Waals surface area contributed by atoms with E-state index in [2.05, 4.69) is 10.3 Å². The number of H-pyrrole nitrogens is 1. The Labute approximate surface area is 186 Å². The van der Waals surface area contributed by atoms with Crippen LogP contribution in [0.5, 0.6) is 5.75 Å². The molecule has 1 saturated heterocycles. The van der Waals surface area contributed by atoms with Gasteiger partial charge in [0.25, 0.3) is 5.56 Å². The maximum absolute atomic E-state index is 12.8. The van der Waals surface area contributed by atoms with Gasteiger partial charge in [0.1, 0.15) is 11.5 Å². The third kappa shape index (κ3) is 5.45. The lowest BCUT2D eigenvalue weighted by molar-refractivity contribution is 0.0896. The maximum atomic E-state index is 12.8. The van der Waals surface area contributed by atoms with Crippen molar-refractivity contribution in [2.45, 2.75) is 39.0 Å². The molecule has 3 aromatic rings. The average molecular weight is 442 g/mol. The van der Waals surface area contributed by atoms with Crippen LogP contribution in [-0.2, 0) is 17.8 Å². The minimum Gasteiger partial charge on any atom is -0.494 e. The summed E-state index contributed by atoms with van der Waals surface area (Å²) >= 11 is 5.66. The second-order valence-corrected chi connectivity index (χ2v) is 7.95. The summed E-state index contributed by atoms with van der Waals surface area (Å²) in [6.07, 6.45) is 3.77. The number of pyridine rings is 1. The molecule has 0 spiro atoms. The van der Waals surface area contributed by atoms with Gasteiger partial charge in [-0.3, -0.25) is 4.79 Å². The number of nitrogens with one attached hydrogen (secondary N) is 2. The SMILES string of the molecule is CCOc1ccc2[nH]c(=O)c(CN(C[C@@H]3CCCO3)C(=S)NCc3ccco3)cc2c1. The van der Waals surface area contributed by atoms with E-state index in [-0.39, 0.29) is 11.7 Å². The van der Waals surface area contributed by atoms with Crippen molar-refractivity contribution < 1.29 is 13.9 Å². The predicted octanol–water partition coefficient (Wildman–Crippen LogP) is 3.58. The van der Waals surface area contributed by atoms with E-state index < -0.39 is 0 Å². The molecule has 0 saturated carbocycles. The second-order valence-electron chi connectivity index (χ2n) is 7.56. The number of aromatic nitrogens is 1. The zero-order chi connectivity index (χ0) is 21.6. The molecule has 1 fully saturated rings. The van der Waals surface area contributed by atoms with Gasteiger partial charge in [-0.1, -0.05) is 0 Å². The van der Waals surface area contributed by atoms with Gasteiger partial charge >= 0.3 is 0 Å². The number of aromatic amines is 1. The smallest absolute Gasteiger partial charge is 0.253 e. The third-order valence-electron chi connectivity index (χ3n) is 5.29. The summed E-state index contributed by atoms with van der Waals surface area (Å²) in [4.78, 5) is 17.7. The lowest BCUT2D eigenvalue weighted by Crippen LogP contribution is -2.43. The van der Waals surface area contributed by atoms with E-state index in [1.807, 2.05) is 48.2 Å². The quantitative estimate of drug-likeness (QED) is 0.517. The van der Waals surface area contributed by atoms with Gasteiger partial charge < -0.3 is 29.1 Å². The van der Waals surface area contributed by atoms with Crippen LogP contribution in [0.3, 0.4) is 0 Å². The van der Waals surface area contributed by atoms with Crippen molar-refractivity contribution in [3.05, 3.63) is 64.3 Å². The first kappa shape index (κ1) is 21.4. The van der Waals surface area contributed by atoms with Crippen LogP contribution in [0.1, 0.15) is 31.1 Å². The van der Waals surface area contributed by atoms with Gasteiger partial charge in [-0.05, 0) is 68.4 Å². The molecule has 0 aliphatic carbocycles. The molecule has 0 amide bonds. The van der Waals surface area contributed by atoms with Crippen molar-refractivity contribution in [2.75, 3.05) is 19.8 Å². The highest BCUT2D eigenvalue weighted by molar-refractivity contribution is 7.80. The fourth-order valence-electron chi connectivity index (χ4n) is 3.75. The monoisotopic (exact) mass is 441 g/mol. The van der Waals surface area contributed by atoms with Crippen molar-refractivity contribution in [3.8, 4) is 5.75 Å². The summed E-state index contributed by atoms with van der Waals surface area (Å²) in [5.74, 6) is 1.58. The van der Waals surface area contributed by atoms with E-state index in [0.717, 1.165) is 41.9 Å². The molecule has 1 aliphatic heterocycles. The van der Waals surface area contributed by atoms with Crippen molar-refractivity contribution >= 4 is 28.2 Å². The van der Waals surface area contributed by atoms with E-state index in [1.54, 1.807) is 6.26 Å². The molecular weight excluding hydrogens is 414 g/mol. The normalized spacial score (nSPS) is 15.8. The van der Waals surface area contributed by atoms with E-state index in [1.165, 1.54) is 0 Å². The number of benzene rings is 1. The van der Waals surface area contributed by atoms with Gasteiger partial charge in [-0.2, -0.15) is 0 Å². The van der Waals surface area contributed by atoms with E-state index in [4.69, 9.17) is 26.1 Å². The molecule has 8 heteroatoms. The molecule has 2 N–H and O–H groups in total. The first-order valence-electron chi connectivity index (χ1n) is 10.6. The number of fused-ring (bicyclic) bond motifs is 1. The van der Waals surface area contributed by atoms with Gasteiger partial charge in [-0.15, -0.1) is 0 Å². The van der Waals surface area contributed by atoms with Gasteiger partial charge in [0.15, 0.2) is 5.11 Å². The van der Waals surface area contributed by atoms with E-state index in [9.17, 15) is 4.79 Å². The highest BCUT2D eigenvalue weighted by Crippen LogP contribution is 2.20. The Morgan fingerprint density at radius 2 is 2.26 bits per heavy atom. The van der Waals surface area contributed by atoms with Gasteiger partial charge in [0, 0.05) is 29.6 Å². The second kappa shape index (κ2) is 9.98. The predicted molar refractivity (Wildman–Crippen MR) is 123 cm³/mol. The van der Waals surface area contributed by atoms with Gasteiger partial charge in [0.2, 0.25) is 0 Å². The summed E-state index contributed by atoms with van der Waals surface area (Å²) < 4.78 is 16.8. The molecule has 0 radical (unpaired) electrons. The Bertz CT molecular complexity index is 1070. The standard InChI is InChI=1S/C23H27N3O4S/c1-2-28-18-7-8-21-16(12-18)11-17(22(27)25-21)14-26(15-20-6-4-10-30-20)23(31)24-13-19-5-3-9-29-19/h3,5,7-9,11-12,20H,2,4,6,10,13-15H2,1H3,(H,24,31)(H,25,27)/t20-/m0/s1. The summed E-state index contributed by atoms with van der Waals surface area (Å²) in [5.41, 5.74) is 1.30. The number of ether oxygens (including phenoxy) is 2. The lowest BCUT2D eigenvalue weighted by Gasteiger charge is -2.28. The molecular formula is C23H27N3O4S. The topological polar surface area (TPSA) is 79.7 Å². The summed E-state index contributed by atoms with van der Waals surface area (Å²) in [6, 6.07) is 11.3. The minimum absolute atomic E-state index is 0.104. The molecule has 1 aliphatic rings. The van der Waals surface area contributed by atoms with Crippen molar-refractivity contribution in [2.24, 2.45) is 0 Å². The Balaban J connectivity index is 1.55. The third-order valence-corrected chi connectivity index (χ3v) is 5.70. The van der Waals surface area contributed by atoms with Gasteiger partial charge in [0.05, 0.1) is 32.1 Å². The number of furan rings is 1. The van der Waals surface area contributed by atoms with Gasteiger partial charge in [-0.25, -0.2) is 0 Å². The summed E-state index contributed by atoms with van der Waals surface area (Å²) in [6.45, 7) is 4.80. The fourth-order valence-corrected chi connectivity index (χ4v) is 3.96. The van der Waals surface area contributed by atoms with Crippen LogP contribution < -0.4 is 15.6 Å². The number of hydrogen-bond donors (Lipinski definition) is 2. The Kier molecular flexibility index (Phi) is 6.89. The van der Waals surface area contributed by atoms with Crippen molar-refractivity contribution in [1.29, 1.82) is 0 Å². The van der Waals surface area contributed by atoms with Crippen LogP contribution in [-0.4, -0.2) is 40.9 Å². The largest absolute Gasteiger partial charge is 0.494 e. The van der Waals surface area contributed by atoms with Crippen LogP contribution in [0, 0.1) is 0 Å². The number of hydrogen-bond acceptors (Lipinski definition) is 5. The Morgan fingerprint density at radius 3 is 3.00 bits per heavy atom. The maximum Gasteiger partial charge on any atom is 0.253 e. The van der Waals surface area contributed by atoms with E-state index >= 15 is 0 Å². The number of thiocarbonyl (C=S) groups is 1. The first-order valence-corrected chi connectivity index (χ1v) is 11.0.